The van der Waals surface area contributed by atoms with Gasteiger partial charge in [-0.1, -0.05) is 42.5 Å². The molecule has 2 N–H and O–H groups in total. The summed E-state index contributed by atoms with van der Waals surface area (Å²) >= 11 is 0. The molecule has 1 saturated heterocycles. The summed E-state index contributed by atoms with van der Waals surface area (Å²) in [5, 5.41) is 10.2. The minimum Gasteiger partial charge on any atom is -0.367 e. The number of fused-ring (bicyclic) bond motifs is 1. The van der Waals surface area contributed by atoms with Crippen LogP contribution >= 0.6 is 0 Å². The van der Waals surface area contributed by atoms with Gasteiger partial charge in [-0.25, -0.2) is 0 Å². The number of aromatic amines is 1. The number of rotatable bonds is 10. The van der Waals surface area contributed by atoms with Crippen LogP contribution < -0.4 is 5.32 Å². The molecule has 0 bridgehead atoms. The number of hydrogen-bond donors (Lipinski definition) is 2. The van der Waals surface area contributed by atoms with Crippen molar-refractivity contribution < 1.29 is 19.1 Å². The second-order valence-corrected chi connectivity index (χ2v) is 10.5. The summed E-state index contributed by atoms with van der Waals surface area (Å²) in [6, 6.07) is 17.0. The van der Waals surface area contributed by atoms with Crippen molar-refractivity contribution in [1.29, 1.82) is 0 Å². The highest BCUT2D eigenvalue weighted by molar-refractivity contribution is 6.04. The Bertz CT molecular complexity index is 1330. The number of nitrogens with one attached hydrogen (secondary N) is 2. The first-order valence-electron chi connectivity index (χ1n) is 13.7. The van der Waals surface area contributed by atoms with E-state index in [0.29, 0.717) is 30.9 Å². The van der Waals surface area contributed by atoms with Gasteiger partial charge in [0.15, 0.2) is 11.9 Å². The fourth-order valence-corrected chi connectivity index (χ4v) is 5.26. The van der Waals surface area contributed by atoms with Crippen molar-refractivity contribution in [2.45, 2.75) is 39.1 Å². The van der Waals surface area contributed by atoms with Crippen LogP contribution in [0.1, 0.15) is 52.2 Å². The molecule has 2 aliphatic heterocycles. The molecule has 210 valence electrons. The molecule has 1 atom stereocenters. The predicted molar refractivity (Wildman–Crippen MR) is 150 cm³/mol. The van der Waals surface area contributed by atoms with E-state index in [2.05, 4.69) is 25.3 Å². The highest BCUT2D eigenvalue weighted by atomic mass is 16.5. The van der Waals surface area contributed by atoms with Crippen molar-refractivity contribution in [1.82, 2.24) is 24.9 Å². The maximum Gasteiger partial charge on any atom is 0.256 e. The molecule has 0 spiro atoms. The Morgan fingerprint density at radius 1 is 0.975 bits per heavy atom. The highest BCUT2D eigenvalue weighted by Crippen LogP contribution is 2.30. The number of aromatic nitrogens is 2. The number of anilines is 1. The molecular formula is C30H36N6O4. The van der Waals surface area contributed by atoms with E-state index in [-0.39, 0.29) is 17.6 Å². The topological polar surface area (TPSA) is 111 Å². The van der Waals surface area contributed by atoms with Crippen LogP contribution in [0.4, 0.5) is 5.82 Å². The molecule has 2 aliphatic rings. The molecule has 3 heterocycles. The van der Waals surface area contributed by atoms with Crippen LogP contribution in [0.25, 0.3) is 0 Å². The molecule has 2 amide bonds. The number of nitrogens with zero attached hydrogens (tertiary/aromatic N) is 4. The second kappa shape index (κ2) is 12.5. The van der Waals surface area contributed by atoms with Crippen molar-refractivity contribution in [2.24, 2.45) is 0 Å². The molecule has 0 radical (unpaired) electrons. The van der Waals surface area contributed by atoms with E-state index in [4.69, 9.17) is 4.74 Å². The summed E-state index contributed by atoms with van der Waals surface area (Å²) in [5.41, 5.74) is 4.11. The Kier molecular flexibility index (Phi) is 8.69. The number of carbonyl (C=O) groups is 3. The molecule has 10 heteroatoms. The molecular weight excluding hydrogens is 508 g/mol. The number of Topliss-reactive ketones (excluding diaryl/α,β-unsaturated/α-hetero) is 1. The number of piperazine rings is 1. The Hall–Kier alpha value is -3.86. The van der Waals surface area contributed by atoms with Gasteiger partial charge in [-0.05, 0) is 30.2 Å². The summed E-state index contributed by atoms with van der Waals surface area (Å²) in [6.07, 6.45) is -0.0749. The standard InChI is InChI=1S/C30H36N6O4/c1-21(37)12-13-34-14-16-35(17-15-34)18-22-8-10-24(11-9-22)29(38)31-28-25-19-36(20-26(25)32-33-28)30(39)27(40-2)23-6-4-3-5-7-23/h3-11,27H,12-20H2,1-2H3,(H2,31,32,33,38). The molecule has 0 saturated carbocycles. The van der Waals surface area contributed by atoms with Gasteiger partial charge in [0.2, 0.25) is 0 Å². The molecule has 1 unspecified atom stereocenters. The van der Waals surface area contributed by atoms with Gasteiger partial charge < -0.3 is 19.9 Å². The van der Waals surface area contributed by atoms with Gasteiger partial charge in [0, 0.05) is 63.9 Å². The van der Waals surface area contributed by atoms with E-state index < -0.39 is 6.10 Å². The Morgan fingerprint density at radius 2 is 1.68 bits per heavy atom. The van der Waals surface area contributed by atoms with Gasteiger partial charge in [0.05, 0.1) is 18.8 Å². The number of ketones is 1. The molecule has 1 fully saturated rings. The normalized spacial score (nSPS) is 16.5. The van der Waals surface area contributed by atoms with E-state index in [9.17, 15) is 14.4 Å². The zero-order valence-corrected chi connectivity index (χ0v) is 23.1. The lowest BCUT2D eigenvalue weighted by Crippen LogP contribution is -2.46. The predicted octanol–water partition coefficient (Wildman–Crippen LogP) is 2.99. The monoisotopic (exact) mass is 544 g/mol. The minimum atomic E-state index is -0.690. The number of carbonyl (C=O) groups excluding carboxylic acids is 3. The van der Waals surface area contributed by atoms with Crippen LogP contribution in [0.3, 0.4) is 0 Å². The number of methoxy groups -OCH3 is 1. The number of benzene rings is 2. The van der Waals surface area contributed by atoms with Crippen LogP contribution in [0.15, 0.2) is 54.6 Å². The average molecular weight is 545 g/mol. The Morgan fingerprint density at radius 3 is 2.35 bits per heavy atom. The lowest BCUT2D eigenvalue weighted by Gasteiger charge is -2.34. The maximum absolute atomic E-state index is 13.2. The quantitative estimate of drug-likeness (QED) is 0.404. The van der Waals surface area contributed by atoms with Gasteiger partial charge in [0.25, 0.3) is 11.8 Å². The summed E-state index contributed by atoms with van der Waals surface area (Å²) in [6.45, 7) is 7.86. The summed E-state index contributed by atoms with van der Waals surface area (Å²) < 4.78 is 5.52. The van der Waals surface area contributed by atoms with Crippen molar-refractivity contribution >= 4 is 23.4 Å². The zero-order valence-electron chi connectivity index (χ0n) is 23.1. The number of hydrogen-bond acceptors (Lipinski definition) is 7. The third-order valence-corrected chi connectivity index (χ3v) is 7.62. The van der Waals surface area contributed by atoms with Crippen molar-refractivity contribution in [3.05, 3.63) is 82.5 Å². The van der Waals surface area contributed by atoms with Crippen molar-refractivity contribution in [3.8, 4) is 0 Å². The van der Waals surface area contributed by atoms with Crippen molar-refractivity contribution in [2.75, 3.05) is 45.2 Å². The minimum absolute atomic E-state index is 0.136. The third-order valence-electron chi connectivity index (χ3n) is 7.62. The van der Waals surface area contributed by atoms with Crippen LogP contribution in [0, 0.1) is 0 Å². The first-order chi connectivity index (χ1) is 19.4. The van der Waals surface area contributed by atoms with E-state index in [1.54, 1.807) is 11.8 Å². The smallest absolute Gasteiger partial charge is 0.256 e. The third kappa shape index (κ3) is 6.47. The van der Waals surface area contributed by atoms with E-state index in [1.807, 2.05) is 54.6 Å². The molecule has 0 aliphatic carbocycles. The first-order valence-corrected chi connectivity index (χ1v) is 13.7. The second-order valence-electron chi connectivity index (χ2n) is 10.5. The average Bonchev–Trinajstić information content (AvgIpc) is 3.56. The van der Waals surface area contributed by atoms with Gasteiger partial charge in [0.1, 0.15) is 5.78 Å². The zero-order chi connectivity index (χ0) is 28.1. The molecule has 5 rings (SSSR count). The largest absolute Gasteiger partial charge is 0.367 e. The summed E-state index contributed by atoms with van der Waals surface area (Å²) in [4.78, 5) is 43.9. The molecule has 2 aromatic carbocycles. The maximum atomic E-state index is 13.2. The fourth-order valence-electron chi connectivity index (χ4n) is 5.26. The van der Waals surface area contributed by atoms with Crippen molar-refractivity contribution in [3.63, 3.8) is 0 Å². The summed E-state index contributed by atoms with van der Waals surface area (Å²) in [7, 11) is 1.53. The van der Waals surface area contributed by atoms with Gasteiger partial charge in [-0.15, -0.1) is 0 Å². The highest BCUT2D eigenvalue weighted by Gasteiger charge is 2.33. The Balaban J connectivity index is 1.14. The van der Waals surface area contributed by atoms with Crippen LogP contribution in [0.5, 0.6) is 0 Å². The first kappa shape index (κ1) is 27.7. The van der Waals surface area contributed by atoms with E-state index in [0.717, 1.165) is 61.7 Å². The lowest BCUT2D eigenvalue weighted by atomic mass is 10.1. The molecule has 40 heavy (non-hydrogen) atoms. The fraction of sp³-hybridized carbons (Fsp3) is 0.400. The van der Waals surface area contributed by atoms with Gasteiger partial charge >= 0.3 is 0 Å². The van der Waals surface area contributed by atoms with Crippen LogP contribution in [0.2, 0.25) is 0 Å². The molecule has 3 aromatic rings. The number of ether oxygens (including phenoxy) is 1. The molecule has 10 nitrogen and oxygen atoms in total. The van der Waals surface area contributed by atoms with E-state index in [1.165, 1.54) is 7.11 Å². The SMILES string of the molecule is COC(C(=O)N1Cc2[nH]nc(NC(=O)c3ccc(CN4CCN(CCC(C)=O)CC4)cc3)c2C1)c1ccccc1. The van der Waals surface area contributed by atoms with Crippen LogP contribution in [-0.2, 0) is 34.0 Å². The Labute approximate surface area is 234 Å². The lowest BCUT2D eigenvalue weighted by molar-refractivity contribution is -0.143. The summed E-state index contributed by atoms with van der Waals surface area (Å²) in [5.74, 6) is 0.294. The van der Waals surface area contributed by atoms with E-state index >= 15 is 0 Å². The van der Waals surface area contributed by atoms with Gasteiger partial charge in [-0.2, -0.15) is 5.10 Å². The van der Waals surface area contributed by atoms with Gasteiger partial charge in [-0.3, -0.25) is 24.4 Å². The molecule has 1 aromatic heterocycles. The van der Waals surface area contributed by atoms with Crippen LogP contribution in [-0.4, -0.2) is 82.3 Å². The number of H-pyrrole nitrogens is 1. The number of amides is 2.